The Morgan fingerprint density at radius 1 is 0.786 bits per heavy atom. The third-order valence-electron chi connectivity index (χ3n) is 3.86. The molecule has 1 aromatic carbocycles. The summed E-state index contributed by atoms with van der Waals surface area (Å²) in [6.07, 6.45) is 4.38. The summed E-state index contributed by atoms with van der Waals surface area (Å²) in [4.78, 5) is 2.00. The van der Waals surface area contributed by atoms with Crippen molar-refractivity contribution < 1.29 is 23.7 Å². The van der Waals surface area contributed by atoms with E-state index in [1.165, 1.54) is 11.1 Å². The lowest BCUT2D eigenvalue weighted by Crippen LogP contribution is -2.10. The predicted molar refractivity (Wildman–Crippen MR) is 112 cm³/mol. The molecule has 2 rings (SSSR count). The van der Waals surface area contributed by atoms with Crippen LogP contribution >= 0.6 is 0 Å². The van der Waals surface area contributed by atoms with Crippen LogP contribution < -0.4 is 9.47 Å². The van der Waals surface area contributed by atoms with E-state index in [1.807, 2.05) is 32.1 Å². The third kappa shape index (κ3) is 10.9. The lowest BCUT2D eigenvalue weighted by Gasteiger charge is -2.11. The Bertz CT molecular complexity index is 519. The second kappa shape index (κ2) is 15.6. The lowest BCUT2D eigenvalue weighted by molar-refractivity contribution is 0.0101. The molecule has 0 atom stereocenters. The molecule has 1 aromatic rings. The summed E-state index contributed by atoms with van der Waals surface area (Å²) in [7, 11) is 6.00. The second-order valence-corrected chi connectivity index (χ2v) is 7.20. The molecule has 0 amide bonds. The van der Waals surface area contributed by atoms with Crippen LogP contribution in [-0.4, -0.2) is 65.9 Å². The maximum Gasteiger partial charge on any atom is 0.231 e. The molecule has 1 heterocycles. The van der Waals surface area contributed by atoms with Crippen molar-refractivity contribution in [3.63, 3.8) is 0 Å². The fourth-order valence-electron chi connectivity index (χ4n) is 2.53. The fraction of sp³-hybridized carbons (Fsp3) is 0.727. The second-order valence-electron chi connectivity index (χ2n) is 7.20. The number of rotatable bonds is 13. The van der Waals surface area contributed by atoms with Crippen molar-refractivity contribution in [3.8, 4) is 11.5 Å². The summed E-state index contributed by atoms with van der Waals surface area (Å²) in [6, 6.07) is 4.12. The van der Waals surface area contributed by atoms with E-state index in [2.05, 4.69) is 19.9 Å². The third-order valence-corrected chi connectivity index (χ3v) is 3.86. The van der Waals surface area contributed by atoms with Gasteiger partial charge in [-0.3, -0.25) is 0 Å². The molecular formula is C22H39NO5. The summed E-state index contributed by atoms with van der Waals surface area (Å²) in [6.45, 7) is 8.47. The molecule has 0 saturated carbocycles. The van der Waals surface area contributed by atoms with E-state index < -0.39 is 0 Å². The minimum absolute atomic E-state index is 0.305. The quantitative estimate of drug-likeness (QED) is 0.471. The van der Waals surface area contributed by atoms with E-state index >= 15 is 0 Å². The van der Waals surface area contributed by atoms with Crippen molar-refractivity contribution in [1.82, 2.24) is 4.90 Å². The molecule has 28 heavy (non-hydrogen) atoms. The highest BCUT2D eigenvalue weighted by atomic mass is 16.7. The summed E-state index contributed by atoms with van der Waals surface area (Å²) < 4.78 is 27.6. The van der Waals surface area contributed by atoms with E-state index in [1.54, 1.807) is 0 Å². The van der Waals surface area contributed by atoms with Gasteiger partial charge in [0, 0.05) is 6.61 Å². The van der Waals surface area contributed by atoms with Crippen molar-refractivity contribution in [3.05, 3.63) is 23.3 Å². The molecule has 6 nitrogen and oxygen atoms in total. The average Bonchev–Trinajstić information content (AvgIpc) is 3.10. The maximum atomic E-state index is 5.75. The first-order valence-electron chi connectivity index (χ1n) is 10.3. The van der Waals surface area contributed by atoms with Crippen LogP contribution in [0.25, 0.3) is 0 Å². The molecule has 1 aliphatic heterocycles. The molecule has 0 spiro atoms. The zero-order valence-electron chi connectivity index (χ0n) is 18.4. The number of hydrogen-bond acceptors (Lipinski definition) is 6. The SMILES string of the molecule is CCCCOCCOCCOCc1cc2c(cc1CCC)OCO2.CN(C)C. The number of hydrogen-bond donors (Lipinski definition) is 0. The van der Waals surface area contributed by atoms with Crippen LogP contribution in [-0.2, 0) is 27.2 Å². The largest absolute Gasteiger partial charge is 0.454 e. The van der Waals surface area contributed by atoms with Crippen LogP contribution in [0.15, 0.2) is 12.1 Å². The van der Waals surface area contributed by atoms with Crippen molar-refractivity contribution in [1.29, 1.82) is 0 Å². The van der Waals surface area contributed by atoms with Gasteiger partial charge in [0.05, 0.1) is 33.0 Å². The van der Waals surface area contributed by atoms with Crippen LogP contribution in [0.1, 0.15) is 44.2 Å². The first kappa shape index (κ1) is 24.7. The molecule has 0 aliphatic carbocycles. The predicted octanol–water partition coefficient (Wildman–Crippen LogP) is 3.90. The van der Waals surface area contributed by atoms with Gasteiger partial charge in [-0.1, -0.05) is 26.7 Å². The van der Waals surface area contributed by atoms with Crippen LogP contribution in [0.5, 0.6) is 11.5 Å². The fourth-order valence-corrected chi connectivity index (χ4v) is 2.53. The monoisotopic (exact) mass is 397 g/mol. The van der Waals surface area contributed by atoms with Gasteiger partial charge in [0.25, 0.3) is 0 Å². The average molecular weight is 398 g/mol. The Kier molecular flexibility index (Phi) is 13.7. The smallest absolute Gasteiger partial charge is 0.231 e. The Labute approximate surface area is 171 Å². The highest BCUT2D eigenvalue weighted by Crippen LogP contribution is 2.35. The zero-order valence-corrected chi connectivity index (χ0v) is 18.4. The first-order chi connectivity index (χ1) is 13.6. The highest BCUT2D eigenvalue weighted by Gasteiger charge is 2.16. The van der Waals surface area contributed by atoms with E-state index in [9.17, 15) is 0 Å². The normalized spacial score (nSPS) is 12.2. The molecule has 0 N–H and O–H groups in total. The molecule has 0 bridgehead atoms. The van der Waals surface area contributed by atoms with Crippen LogP contribution in [0.4, 0.5) is 0 Å². The first-order valence-corrected chi connectivity index (χ1v) is 10.3. The molecule has 1 aliphatic rings. The van der Waals surface area contributed by atoms with Crippen molar-refractivity contribution in [2.75, 3.05) is 61.0 Å². The summed E-state index contributed by atoms with van der Waals surface area (Å²) >= 11 is 0. The molecule has 0 fully saturated rings. The number of nitrogens with zero attached hydrogens (tertiary/aromatic N) is 1. The Morgan fingerprint density at radius 3 is 1.89 bits per heavy atom. The van der Waals surface area contributed by atoms with Gasteiger partial charge < -0.3 is 28.6 Å². The van der Waals surface area contributed by atoms with Gasteiger partial charge in [-0.25, -0.2) is 0 Å². The summed E-state index contributed by atoms with van der Waals surface area (Å²) in [5.41, 5.74) is 2.44. The van der Waals surface area contributed by atoms with Gasteiger partial charge in [-0.2, -0.15) is 0 Å². The van der Waals surface area contributed by atoms with Gasteiger partial charge in [0.15, 0.2) is 11.5 Å². The number of unbranched alkanes of at least 4 members (excludes halogenated alkanes) is 1. The van der Waals surface area contributed by atoms with Gasteiger partial charge in [-0.05, 0) is 57.2 Å². The van der Waals surface area contributed by atoms with Crippen LogP contribution in [0.2, 0.25) is 0 Å². The zero-order chi connectivity index (χ0) is 20.6. The molecule has 0 unspecified atom stereocenters. The van der Waals surface area contributed by atoms with E-state index in [4.69, 9.17) is 23.7 Å². The summed E-state index contributed by atoms with van der Waals surface area (Å²) in [5, 5.41) is 0. The molecular weight excluding hydrogens is 358 g/mol. The Hall–Kier alpha value is -1.34. The van der Waals surface area contributed by atoms with Gasteiger partial charge in [0.1, 0.15) is 0 Å². The Balaban J connectivity index is 0.000000892. The van der Waals surface area contributed by atoms with E-state index in [0.29, 0.717) is 39.8 Å². The summed E-state index contributed by atoms with van der Waals surface area (Å²) in [5.74, 6) is 1.66. The molecule has 162 valence electrons. The van der Waals surface area contributed by atoms with Crippen LogP contribution in [0, 0.1) is 0 Å². The minimum Gasteiger partial charge on any atom is -0.454 e. The van der Waals surface area contributed by atoms with Crippen molar-refractivity contribution in [2.24, 2.45) is 0 Å². The van der Waals surface area contributed by atoms with Gasteiger partial charge >= 0.3 is 0 Å². The topological polar surface area (TPSA) is 49.4 Å². The standard InChI is InChI=1S/C19H30O5.C3H9N/c1-3-5-7-20-8-9-21-10-11-22-14-17-13-19-18(23-15-24-19)12-16(17)6-4-2;1-4(2)3/h12-13H,3-11,14-15H2,1-2H3;1-3H3. The molecule has 0 saturated heterocycles. The molecule has 0 radical (unpaired) electrons. The van der Waals surface area contributed by atoms with E-state index in [0.717, 1.165) is 43.8 Å². The number of benzene rings is 1. The molecule has 0 aromatic heterocycles. The Morgan fingerprint density at radius 2 is 1.32 bits per heavy atom. The van der Waals surface area contributed by atoms with Crippen molar-refractivity contribution >= 4 is 0 Å². The van der Waals surface area contributed by atoms with Crippen molar-refractivity contribution in [2.45, 2.75) is 46.1 Å². The van der Waals surface area contributed by atoms with E-state index in [-0.39, 0.29) is 0 Å². The minimum atomic E-state index is 0.305. The van der Waals surface area contributed by atoms with Gasteiger partial charge in [0.2, 0.25) is 6.79 Å². The number of aryl methyl sites for hydroxylation is 1. The lowest BCUT2D eigenvalue weighted by atomic mass is 10.0. The highest BCUT2D eigenvalue weighted by molar-refractivity contribution is 5.48. The van der Waals surface area contributed by atoms with Gasteiger partial charge in [-0.15, -0.1) is 0 Å². The number of ether oxygens (including phenoxy) is 5. The molecule has 6 heteroatoms. The number of fused-ring (bicyclic) bond motifs is 1. The maximum absolute atomic E-state index is 5.75. The van der Waals surface area contributed by atoms with Crippen LogP contribution in [0.3, 0.4) is 0 Å².